The van der Waals surface area contributed by atoms with E-state index in [-0.39, 0.29) is 0 Å². The second kappa shape index (κ2) is 13.2. The number of fused-ring (bicyclic) bond motifs is 18. The summed E-state index contributed by atoms with van der Waals surface area (Å²) in [6, 6.07) is 80.2. The Balaban J connectivity index is 1.10. The highest BCUT2D eigenvalue weighted by Gasteiger charge is 2.31. The Bertz CT molecular complexity index is 4730. The quantitative estimate of drug-likeness (QED) is 0.176. The monoisotopic (exact) mass is 888 g/mol. The van der Waals surface area contributed by atoms with Crippen LogP contribution in [0.3, 0.4) is 0 Å². The van der Waals surface area contributed by atoms with Gasteiger partial charge in [-0.25, -0.2) is 0 Å². The van der Waals surface area contributed by atoms with Crippen molar-refractivity contribution in [2.24, 2.45) is 0 Å². The summed E-state index contributed by atoms with van der Waals surface area (Å²) < 4.78 is 17.9. The minimum atomic E-state index is 0.899. The van der Waals surface area contributed by atoms with Gasteiger partial charge in [0, 0.05) is 75.8 Å². The normalized spacial score (nSPS) is 12.6. The van der Waals surface area contributed by atoms with Crippen LogP contribution < -0.4 is 0 Å². The molecule has 0 saturated heterocycles. The van der Waals surface area contributed by atoms with E-state index in [2.05, 4.69) is 215 Å². The fourth-order valence-electron chi connectivity index (χ4n) is 12.7. The molecule has 0 aliphatic heterocycles. The fourth-order valence-corrected chi connectivity index (χ4v) is 12.7. The maximum atomic E-state index is 6.35. The lowest BCUT2D eigenvalue weighted by Crippen LogP contribution is -1.93. The Hall–Kier alpha value is -9.38. The van der Waals surface area contributed by atoms with Gasteiger partial charge in [0.2, 0.25) is 0 Å². The van der Waals surface area contributed by atoms with Gasteiger partial charge in [0.05, 0.1) is 33.1 Å². The average molecular weight is 889 g/mol. The van der Waals surface area contributed by atoms with Crippen LogP contribution in [0.15, 0.2) is 227 Å². The van der Waals surface area contributed by atoms with Crippen molar-refractivity contribution in [2.45, 2.75) is 0 Å². The highest BCUT2D eigenvalue weighted by atomic mass is 16.3. The van der Waals surface area contributed by atoms with Crippen LogP contribution in [0, 0.1) is 0 Å². The Kier molecular flexibility index (Phi) is 6.92. The lowest BCUT2D eigenvalue weighted by atomic mass is 9.88. The van der Waals surface area contributed by atoms with Gasteiger partial charge in [0.25, 0.3) is 0 Å². The number of aromatic nitrogens is 2. The van der Waals surface area contributed by atoms with Crippen molar-refractivity contribution in [3.63, 3.8) is 0 Å². The van der Waals surface area contributed by atoms with Crippen LogP contribution in [0.25, 0.3) is 165 Å². The molecule has 0 fully saturated rings. The highest BCUT2D eigenvalue weighted by Crippen LogP contribution is 2.55. The van der Waals surface area contributed by atoms with E-state index < -0.39 is 0 Å². The van der Waals surface area contributed by atoms with Crippen LogP contribution in [0.1, 0.15) is 0 Å². The Labute approximate surface area is 398 Å². The number of hydrogen-bond acceptors (Lipinski definition) is 2. The first-order chi connectivity index (χ1) is 34.7. The first-order valence-electron chi connectivity index (χ1n) is 24.1. The molecule has 6 aromatic heterocycles. The van der Waals surface area contributed by atoms with Crippen LogP contribution in [0.5, 0.6) is 0 Å². The molecule has 17 aromatic rings. The molecule has 4 nitrogen and oxygen atoms in total. The predicted molar refractivity (Wildman–Crippen MR) is 292 cm³/mol. The second-order valence-electron chi connectivity index (χ2n) is 19.1. The lowest BCUT2D eigenvalue weighted by molar-refractivity contribution is 0.668. The second-order valence-corrected chi connectivity index (χ2v) is 19.1. The molecule has 0 spiro atoms. The summed E-state index contributed by atoms with van der Waals surface area (Å²) in [6.45, 7) is 0. The molecular formula is C66H36N2O2. The van der Waals surface area contributed by atoms with Crippen LogP contribution in [-0.2, 0) is 0 Å². The summed E-state index contributed by atoms with van der Waals surface area (Å²) in [6.07, 6.45) is 0. The molecule has 322 valence electrons. The van der Waals surface area contributed by atoms with Crippen molar-refractivity contribution >= 4 is 120 Å². The number of benzene rings is 11. The molecule has 0 bridgehead atoms. The molecular weight excluding hydrogens is 853 g/mol. The van der Waals surface area contributed by atoms with Crippen LogP contribution in [0.4, 0.5) is 0 Å². The van der Waals surface area contributed by atoms with Crippen molar-refractivity contribution in [2.75, 3.05) is 0 Å². The third-order valence-corrected chi connectivity index (χ3v) is 15.5. The van der Waals surface area contributed by atoms with Gasteiger partial charge in [-0.05, 0) is 106 Å². The zero-order valence-corrected chi connectivity index (χ0v) is 37.5. The van der Waals surface area contributed by atoms with E-state index in [1.807, 2.05) is 12.1 Å². The van der Waals surface area contributed by atoms with E-state index in [9.17, 15) is 0 Å². The zero-order valence-electron chi connectivity index (χ0n) is 37.5. The van der Waals surface area contributed by atoms with Crippen molar-refractivity contribution in [1.29, 1.82) is 0 Å². The summed E-state index contributed by atoms with van der Waals surface area (Å²) in [5.74, 6) is 0. The number of furan rings is 2. The Morgan fingerprint density at radius 2 is 0.586 bits per heavy atom. The minimum absolute atomic E-state index is 0.899. The average Bonchev–Trinajstić information content (AvgIpc) is 4.28. The van der Waals surface area contributed by atoms with E-state index >= 15 is 0 Å². The SMILES string of the molecule is c1ccc(-c2c3c4cc(-c5ccc6oc7ccccc7c6c5)cc5c6ccccc6n(c3c(-c3ccccc3)c3c6cc(-c7ccc8oc9ccccc9c8c7)cc7c8ccccc8n(c23)c76)c54)cc1. The van der Waals surface area contributed by atoms with Gasteiger partial charge < -0.3 is 17.6 Å². The third kappa shape index (κ3) is 4.65. The Morgan fingerprint density at radius 1 is 0.229 bits per heavy atom. The largest absolute Gasteiger partial charge is 0.456 e. The highest BCUT2D eigenvalue weighted by molar-refractivity contribution is 6.38. The van der Waals surface area contributed by atoms with E-state index in [0.29, 0.717) is 0 Å². The van der Waals surface area contributed by atoms with Crippen LogP contribution in [0.2, 0.25) is 0 Å². The predicted octanol–water partition coefficient (Wildman–Crippen LogP) is 18.5. The standard InChI is InChI=1S/C66H36N2O2/c1-3-15-37(16-4-1)59-61-51-35-41(39-27-29-57-47(31-39)45-21-9-13-25-55(45)69-57)33-49-44-20-8-12-24-54(44)68(63(49)51)66(61)60(38-17-5-2-6-18-38)62-52-36-42(34-50-43-19-7-11-23-53(43)67(64(50)52)65(59)62)40-28-30-58-48(32-40)46-22-10-14-26-56(46)70-58/h1-36H. The fraction of sp³-hybridized carbons (Fsp3) is 0. The molecule has 6 heterocycles. The summed E-state index contributed by atoms with van der Waals surface area (Å²) in [7, 11) is 0. The van der Waals surface area contributed by atoms with Gasteiger partial charge in [0.15, 0.2) is 0 Å². The molecule has 11 aromatic carbocycles. The summed E-state index contributed by atoms with van der Waals surface area (Å²) in [4.78, 5) is 0. The lowest BCUT2D eigenvalue weighted by Gasteiger charge is -2.16. The smallest absolute Gasteiger partial charge is 0.135 e. The molecule has 0 radical (unpaired) electrons. The van der Waals surface area contributed by atoms with Gasteiger partial charge in [0.1, 0.15) is 22.3 Å². The summed E-state index contributed by atoms with van der Waals surface area (Å²) in [5.41, 5.74) is 20.4. The minimum Gasteiger partial charge on any atom is -0.456 e. The van der Waals surface area contributed by atoms with Gasteiger partial charge in [-0.1, -0.05) is 146 Å². The van der Waals surface area contributed by atoms with Crippen LogP contribution in [-0.4, -0.2) is 8.80 Å². The van der Waals surface area contributed by atoms with E-state index in [1.54, 1.807) is 0 Å². The molecule has 17 rings (SSSR count). The maximum Gasteiger partial charge on any atom is 0.135 e. The summed E-state index contributed by atoms with van der Waals surface area (Å²) >= 11 is 0. The van der Waals surface area contributed by atoms with Crippen molar-refractivity contribution in [1.82, 2.24) is 8.80 Å². The van der Waals surface area contributed by atoms with E-state index in [1.165, 1.54) is 110 Å². The Morgan fingerprint density at radius 3 is 1.04 bits per heavy atom. The first kappa shape index (κ1) is 36.7. The van der Waals surface area contributed by atoms with Crippen LogP contribution >= 0.6 is 0 Å². The zero-order chi connectivity index (χ0) is 45.3. The van der Waals surface area contributed by atoms with E-state index in [4.69, 9.17) is 8.83 Å². The number of para-hydroxylation sites is 4. The van der Waals surface area contributed by atoms with Gasteiger partial charge in [-0.3, -0.25) is 0 Å². The molecule has 0 N–H and O–H groups in total. The van der Waals surface area contributed by atoms with Gasteiger partial charge in [-0.2, -0.15) is 0 Å². The third-order valence-electron chi connectivity index (χ3n) is 15.5. The first-order valence-corrected chi connectivity index (χ1v) is 24.1. The molecule has 70 heavy (non-hydrogen) atoms. The van der Waals surface area contributed by atoms with Crippen molar-refractivity contribution in [3.8, 4) is 44.5 Å². The molecule has 0 aliphatic rings. The number of nitrogens with zero attached hydrogens (tertiary/aromatic N) is 2. The summed E-state index contributed by atoms with van der Waals surface area (Å²) in [5, 5.41) is 14.5. The topological polar surface area (TPSA) is 35.1 Å². The van der Waals surface area contributed by atoms with Gasteiger partial charge >= 0.3 is 0 Å². The molecule has 0 atom stereocenters. The number of rotatable bonds is 4. The van der Waals surface area contributed by atoms with Crippen molar-refractivity contribution < 1.29 is 8.83 Å². The molecule has 0 aliphatic carbocycles. The molecule has 0 unspecified atom stereocenters. The van der Waals surface area contributed by atoms with Gasteiger partial charge in [-0.15, -0.1) is 0 Å². The maximum absolute atomic E-state index is 6.35. The molecule has 4 heteroatoms. The molecule has 0 amide bonds. The number of hydrogen-bond donors (Lipinski definition) is 0. The van der Waals surface area contributed by atoms with E-state index in [0.717, 1.165) is 55.0 Å². The van der Waals surface area contributed by atoms with Crippen molar-refractivity contribution in [3.05, 3.63) is 218 Å². The molecule has 0 saturated carbocycles.